The average Bonchev–Trinajstić information content (AvgIpc) is 2.32. The first-order chi connectivity index (χ1) is 8.61. The van der Waals surface area contributed by atoms with Gasteiger partial charge in [0.2, 0.25) is 0 Å². The lowest BCUT2D eigenvalue weighted by atomic mass is 9.90. The second kappa shape index (κ2) is 5.65. The highest BCUT2D eigenvalue weighted by atomic mass is 19.2. The van der Waals surface area contributed by atoms with E-state index in [1.165, 1.54) is 0 Å². The molecule has 1 saturated heterocycles. The van der Waals surface area contributed by atoms with Crippen LogP contribution in [0.4, 0.5) is 14.5 Å². The van der Waals surface area contributed by atoms with Gasteiger partial charge in [0.15, 0.2) is 11.6 Å². The van der Waals surface area contributed by atoms with Gasteiger partial charge in [-0.1, -0.05) is 19.4 Å². The van der Waals surface area contributed by atoms with E-state index in [1.54, 1.807) is 12.1 Å². The molecule has 2 unspecified atom stereocenters. The Kier molecular flexibility index (Phi) is 4.17. The van der Waals surface area contributed by atoms with Gasteiger partial charge in [-0.2, -0.15) is 0 Å². The zero-order valence-electron chi connectivity index (χ0n) is 10.7. The number of rotatable bonds is 3. The number of hydrogen-bond acceptors (Lipinski definition) is 2. The molecule has 0 saturated carbocycles. The van der Waals surface area contributed by atoms with Gasteiger partial charge < -0.3 is 10.6 Å². The first-order valence-electron chi connectivity index (χ1n) is 6.56. The van der Waals surface area contributed by atoms with E-state index in [0.29, 0.717) is 18.2 Å². The predicted octanol–water partition coefficient (Wildman–Crippen LogP) is 2.92. The van der Waals surface area contributed by atoms with E-state index in [9.17, 15) is 8.78 Å². The Bertz CT molecular complexity index is 409. The van der Waals surface area contributed by atoms with E-state index in [-0.39, 0.29) is 6.04 Å². The van der Waals surface area contributed by atoms with Gasteiger partial charge in [-0.05, 0) is 30.9 Å². The van der Waals surface area contributed by atoms with E-state index < -0.39 is 11.6 Å². The lowest BCUT2D eigenvalue weighted by molar-refractivity contribution is 0.352. The number of nitrogens with zero attached hydrogens (tertiary/aromatic N) is 1. The van der Waals surface area contributed by atoms with Crippen LogP contribution in [-0.2, 0) is 0 Å². The van der Waals surface area contributed by atoms with Crippen LogP contribution in [0.5, 0.6) is 0 Å². The summed E-state index contributed by atoms with van der Waals surface area (Å²) in [6.07, 6.45) is 3.15. The molecule has 2 nitrogen and oxygen atoms in total. The van der Waals surface area contributed by atoms with Gasteiger partial charge in [-0.15, -0.1) is 0 Å². The fourth-order valence-corrected chi connectivity index (χ4v) is 2.80. The van der Waals surface area contributed by atoms with Gasteiger partial charge >= 0.3 is 0 Å². The molecular weight excluding hydrogens is 234 g/mol. The second-order valence-corrected chi connectivity index (χ2v) is 5.13. The molecule has 0 amide bonds. The van der Waals surface area contributed by atoms with Crippen LogP contribution in [0.1, 0.15) is 26.2 Å². The molecule has 1 aliphatic heterocycles. The third kappa shape index (κ3) is 2.80. The lowest BCUT2D eigenvalue weighted by Crippen LogP contribution is -2.47. The van der Waals surface area contributed by atoms with Crippen molar-refractivity contribution in [3.8, 4) is 0 Å². The summed E-state index contributed by atoms with van der Waals surface area (Å²) >= 11 is 0. The molecule has 2 N–H and O–H groups in total. The van der Waals surface area contributed by atoms with E-state index in [4.69, 9.17) is 5.73 Å². The zero-order chi connectivity index (χ0) is 13.1. The van der Waals surface area contributed by atoms with Crippen molar-refractivity contribution in [2.24, 2.45) is 11.7 Å². The van der Waals surface area contributed by atoms with Crippen molar-refractivity contribution in [2.45, 2.75) is 32.2 Å². The molecule has 4 heteroatoms. The van der Waals surface area contributed by atoms with Crippen LogP contribution in [0.15, 0.2) is 18.2 Å². The number of halogens is 2. The third-order valence-corrected chi connectivity index (χ3v) is 3.54. The highest BCUT2D eigenvalue weighted by Crippen LogP contribution is 2.28. The summed E-state index contributed by atoms with van der Waals surface area (Å²) in [4.78, 5) is 1.88. The number of nitrogens with two attached hydrogens (primary N) is 1. The largest absolute Gasteiger partial charge is 0.367 e. The molecule has 1 fully saturated rings. The van der Waals surface area contributed by atoms with Crippen LogP contribution in [-0.4, -0.2) is 19.1 Å². The van der Waals surface area contributed by atoms with Crippen molar-refractivity contribution in [2.75, 3.05) is 18.0 Å². The summed E-state index contributed by atoms with van der Waals surface area (Å²) in [5.41, 5.74) is 6.35. The topological polar surface area (TPSA) is 29.3 Å². The Labute approximate surface area is 107 Å². The van der Waals surface area contributed by atoms with Gasteiger partial charge in [-0.3, -0.25) is 0 Å². The van der Waals surface area contributed by atoms with Crippen molar-refractivity contribution >= 4 is 5.69 Å². The van der Waals surface area contributed by atoms with Gasteiger partial charge in [0.25, 0.3) is 0 Å². The van der Waals surface area contributed by atoms with Crippen LogP contribution in [0.25, 0.3) is 0 Å². The molecule has 100 valence electrons. The summed E-state index contributed by atoms with van der Waals surface area (Å²) in [5, 5.41) is 0. The SMILES string of the molecule is CCCC1CC(N)CN(c2cccc(F)c2F)C1. The fraction of sp³-hybridized carbons (Fsp3) is 0.571. The molecule has 1 aromatic rings. The first kappa shape index (κ1) is 13.3. The highest BCUT2D eigenvalue weighted by Gasteiger charge is 2.26. The maximum absolute atomic E-state index is 13.8. The number of benzene rings is 1. The Morgan fingerprint density at radius 1 is 1.33 bits per heavy atom. The Morgan fingerprint density at radius 2 is 2.11 bits per heavy atom. The van der Waals surface area contributed by atoms with Gasteiger partial charge in [0.1, 0.15) is 0 Å². The van der Waals surface area contributed by atoms with Gasteiger partial charge in [-0.25, -0.2) is 8.78 Å². The maximum atomic E-state index is 13.8. The lowest BCUT2D eigenvalue weighted by Gasteiger charge is -2.38. The Balaban J connectivity index is 2.18. The molecule has 2 atom stereocenters. The minimum Gasteiger partial charge on any atom is -0.367 e. The van der Waals surface area contributed by atoms with Crippen molar-refractivity contribution in [1.82, 2.24) is 0 Å². The minimum absolute atomic E-state index is 0.0398. The minimum atomic E-state index is -0.793. The molecular formula is C14H20F2N2. The van der Waals surface area contributed by atoms with E-state index in [2.05, 4.69) is 6.92 Å². The molecule has 0 spiro atoms. The third-order valence-electron chi connectivity index (χ3n) is 3.54. The average molecular weight is 254 g/mol. The van der Waals surface area contributed by atoms with Crippen molar-refractivity contribution < 1.29 is 8.78 Å². The smallest absolute Gasteiger partial charge is 0.182 e. The van der Waals surface area contributed by atoms with Crippen LogP contribution in [0.3, 0.4) is 0 Å². The van der Waals surface area contributed by atoms with Crippen molar-refractivity contribution in [1.29, 1.82) is 0 Å². The van der Waals surface area contributed by atoms with E-state index in [1.807, 2.05) is 4.90 Å². The molecule has 0 bridgehead atoms. The van der Waals surface area contributed by atoms with Gasteiger partial charge in [0, 0.05) is 19.1 Å². The summed E-state index contributed by atoms with van der Waals surface area (Å²) in [7, 11) is 0. The molecule has 0 aromatic heterocycles. The molecule has 1 aliphatic rings. The molecule has 1 aromatic carbocycles. The van der Waals surface area contributed by atoms with Gasteiger partial charge in [0.05, 0.1) is 5.69 Å². The highest BCUT2D eigenvalue weighted by molar-refractivity contribution is 5.48. The Hall–Kier alpha value is -1.16. The van der Waals surface area contributed by atoms with Crippen molar-refractivity contribution in [3.05, 3.63) is 29.8 Å². The van der Waals surface area contributed by atoms with Crippen LogP contribution < -0.4 is 10.6 Å². The molecule has 2 rings (SSSR count). The molecule has 1 heterocycles. The van der Waals surface area contributed by atoms with Crippen molar-refractivity contribution in [3.63, 3.8) is 0 Å². The van der Waals surface area contributed by atoms with E-state index in [0.717, 1.165) is 31.9 Å². The second-order valence-electron chi connectivity index (χ2n) is 5.13. The maximum Gasteiger partial charge on any atom is 0.182 e. The molecule has 0 radical (unpaired) electrons. The summed E-state index contributed by atoms with van der Waals surface area (Å²) in [6.45, 7) is 3.50. The number of anilines is 1. The zero-order valence-corrected chi connectivity index (χ0v) is 10.7. The van der Waals surface area contributed by atoms with E-state index >= 15 is 0 Å². The quantitative estimate of drug-likeness (QED) is 0.898. The summed E-state index contributed by atoms with van der Waals surface area (Å²) in [6, 6.07) is 4.35. The molecule has 18 heavy (non-hydrogen) atoms. The monoisotopic (exact) mass is 254 g/mol. The normalized spacial score (nSPS) is 24.3. The van der Waals surface area contributed by atoms with Crippen LogP contribution in [0.2, 0.25) is 0 Å². The number of piperidine rings is 1. The predicted molar refractivity (Wildman–Crippen MR) is 69.6 cm³/mol. The standard InChI is InChI=1S/C14H20F2N2/c1-2-4-10-7-11(17)9-18(8-10)13-6-3-5-12(15)14(13)16/h3,5-6,10-11H,2,4,7-9,17H2,1H3. The van der Waals surface area contributed by atoms with Crippen LogP contribution >= 0.6 is 0 Å². The fourth-order valence-electron chi connectivity index (χ4n) is 2.80. The van der Waals surface area contributed by atoms with Crippen LogP contribution in [0, 0.1) is 17.6 Å². The summed E-state index contributed by atoms with van der Waals surface area (Å²) < 4.78 is 27.0. The molecule has 0 aliphatic carbocycles. The Morgan fingerprint density at radius 3 is 2.83 bits per heavy atom. The first-order valence-corrected chi connectivity index (χ1v) is 6.56. The number of hydrogen-bond donors (Lipinski definition) is 1. The summed E-state index contributed by atoms with van der Waals surface area (Å²) in [5.74, 6) is -1.08.